The molecule has 11 N–H and O–H groups in total. The fraction of sp³-hybridized carbons (Fsp3) is 0.891. The predicted octanol–water partition coefficient (Wildman–Crippen LogP) is -2.04. The lowest BCUT2D eigenvalue weighted by molar-refractivity contribution is -0.391. The average molecular weight is 1210 g/mol. The highest BCUT2D eigenvalue weighted by Crippen LogP contribution is 2.77. The third-order valence-corrected chi connectivity index (χ3v) is 20.8. The maximum atomic E-state index is 14.5. The van der Waals surface area contributed by atoms with Crippen LogP contribution in [0.2, 0.25) is 0 Å². The summed E-state index contributed by atoms with van der Waals surface area (Å²) in [6, 6.07) is 0. The third-order valence-electron chi connectivity index (χ3n) is 20.4. The second-order valence-electron chi connectivity index (χ2n) is 25.9. The van der Waals surface area contributed by atoms with Crippen LogP contribution in [0.3, 0.4) is 0 Å². The molecule has 0 aromatic heterocycles. The first-order valence-electron chi connectivity index (χ1n) is 28.7. The van der Waals surface area contributed by atoms with E-state index in [4.69, 9.17) is 47.4 Å². The summed E-state index contributed by atoms with van der Waals surface area (Å²) in [5.41, 5.74) is -1.35. The molecule has 4 aliphatic carbocycles. The van der Waals surface area contributed by atoms with E-state index in [1.165, 1.54) is 12.5 Å². The first kappa shape index (κ1) is 65.0. The van der Waals surface area contributed by atoms with Crippen molar-refractivity contribution < 1.29 is 130 Å². The molecule has 9 aliphatic rings. The van der Waals surface area contributed by atoms with Crippen molar-refractivity contribution in [1.29, 1.82) is 0 Å². The van der Waals surface area contributed by atoms with Gasteiger partial charge in [-0.3, -0.25) is 13.8 Å². The maximum absolute atomic E-state index is 14.5. The van der Waals surface area contributed by atoms with Crippen LogP contribution in [-0.2, 0) is 71.5 Å². The number of aliphatic hydroxyl groups is 11. The molecule has 0 radical (unpaired) electrons. The zero-order chi connectivity index (χ0) is 60.8. The zero-order valence-electron chi connectivity index (χ0n) is 47.7. The highest BCUT2D eigenvalue weighted by Gasteiger charge is 2.79. The summed E-state index contributed by atoms with van der Waals surface area (Å²) < 4.78 is 98.6. The molecule has 28 atom stereocenters. The van der Waals surface area contributed by atoms with Crippen LogP contribution in [0, 0.1) is 39.4 Å². The number of carbonyl (C=O) groups is 2. The average Bonchev–Trinajstić information content (AvgIpc) is 1.56. The number of fused-ring (bicyclic) bond motifs is 5. The summed E-state index contributed by atoms with van der Waals surface area (Å²) in [5.74, 6) is -1.09. The summed E-state index contributed by atoms with van der Waals surface area (Å²) in [4.78, 5) is 27.3. The van der Waals surface area contributed by atoms with Gasteiger partial charge in [0.1, 0.15) is 103 Å². The zero-order valence-corrected chi connectivity index (χ0v) is 48.5. The SMILES string of the molecule is C=C(C)CCC[C@](C)(OC(C)=O)[C@H]1[C@@H]2C[C@@]3(C)C4=CC[C@H]5C(C)(C)[C@@H](O[C@@H]6OC[C@@H](O[C@@H]7O[C@H](COS(=O)(=O)[O-])[C@@H](O)[C@H](O)[C@H]7O)[C@H](O)[C@H]6O[C@@H]6O[C@H](CO)[C@@H](O[C@@H]7O[C@H](CO)[C@@H](O)[C@H](O)[C@H]7O)[C@H](O)[C@H]6O)CC[C@]5(C)[C@H]4CC[C@]13C(=O)O2. The van der Waals surface area contributed by atoms with Crippen LogP contribution in [0.25, 0.3) is 0 Å². The Labute approximate surface area is 481 Å². The van der Waals surface area contributed by atoms with Crippen LogP contribution in [0.15, 0.2) is 23.8 Å². The number of rotatable bonds is 19. The molecular weight excluding hydrogens is 1120 g/mol. The third kappa shape index (κ3) is 11.5. The lowest BCUT2D eigenvalue weighted by Crippen LogP contribution is -2.67. The number of carbonyl (C=O) groups excluding carboxylic acids is 2. The van der Waals surface area contributed by atoms with E-state index in [2.05, 4.69) is 44.5 Å². The van der Waals surface area contributed by atoms with Crippen molar-refractivity contribution in [1.82, 2.24) is 0 Å². The van der Waals surface area contributed by atoms with Crippen LogP contribution in [-0.4, -0.2) is 242 Å². The van der Waals surface area contributed by atoms with Gasteiger partial charge in [0.05, 0.1) is 43.9 Å². The fourth-order valence-corrected chi connectivity index (χ4v) is 16.6. The highest BCUT2D eigenvalue weighted by molar-refractivity contribution is 7.80. The minimum Gasteiger partial charge on any atom is -0.726 e. The Hall–Kier alpha value is -2.47. The van der Waals surface area contributed by atoms with Crippen molar-refractivity contribution in [3.8, 4) is 0 Å². The standard InChI is InChI=1S/C55H86O27S/c1-23(2)10-9-15-54(8,82-24(3)58)45-27-18-53(7)26-11-12-32-51(4,5)33(14-16-52(32,6)25(26)13-17-55(45,53)50(68)78-27)79-49-44(36(61)30(21-72-49)76-46-40(65)38(63)35(60)31(77-46)22-73-83(69,70)71)81-48-42(67)39(64)43(29(20-57)75-48)80-47-41(66)37(62)34(59)28(19-56)74-47/h11,25,27-49,56-57,59-67H,1,9-10,12-22H2,2-8H3,(H,69,70,71)/p-1/t25-,27-,28+,29+,30+,31+,32-,33-,34+,35+,36-,37-,38-,39+,40+,41+,42+,43+,44+,45+,46+,47-,48-,49-,52+,53-,54-,55+/m0/s1. The maximum Gasteiger partial charge on any atom is 0.313 e. The number of hydrogen-bond donors (Lipinski definition) is 11. The molecule has 27 nitrogen and oxygen atoms in total. The van der Waals surface area contributed by atoms with Gasteiger partial charge in [-0.25, -0.2) is 8.42 Å². The van der Waals surface area contributed by atoms with E-state index in [1.807, 2.05) is 13.8 Å². The molecule has 5 saturated heterocycles. The van der Waals surface area contributed by atoms with Crippen LogP contribution >= 0.6 is 0 Å². The van der Waals surface area contributed by atoms with Crippen molar-refractivity contribution in [2.45, 2.75) is 241 Å². The monoisotopic (exact) mass is 1210 g/mol. The second-order valence-corrected chi connectivity index (χ2v) is 26.9. The highest BCUT2D eigenvalue weighted by atomic mass is 32.3. The van der Waals surface area contributed by atoms with Gasteiger partial charge in [0.2, 0.25) is 10.4 Å². The van der Waals surface area contributed by atoms with Gasteiger partial charge in [-0.05, 0) is 94.3 Å². The largest absolute Gasteiger partial charge is 0.726 e. The topological polar surface area (TPSA) is 415 Å². The van der Waals surface area contributed by atoms with Crippen LogP contribution in [0.4, 0.5) is 0 Å². The summed E-state index contributed by atoms with van der Waals surface area (Å²) in [5, 5.41) is 120. The molecular formula is C55H85O27S-. The number of ether oxygens (including phenoxy) is 10. The van der Waals surface area contributed by atoms with Gasteiger partial charge >= 0.3 is 11.9 Å². The number of hydrogen-bond acceptors (Lipinski definition) is 27. The Morgan fingerprint density at radius 3 is 1.96 bits per heavy atom. The minimum absolute atomic E-state index is 0.0345. The van der Waals surface area contributed by atoms with E-state index in [9.17, 15) is 78.7 Å². The predicted molar refractivity (Wildman–Crippen MR) is 276 cm³/mol. The quantitative estimate of drug-likeness (QED) is 0.0287. The molecule has 5 aliphatic heterocycles. The van der Waals surface area contributed by atoms with Crippen molar-refractivity contribution in [3.63, 3.8) is 0 Å². The summed E-state index contributed by atoms with van der Waals surface area (Å²) >= 11 is 0. The first-order chi connectivity index (χ1) is 38.8. The molecule has 0 amide bonds. The Morgan fingerprint density at radius 2 is 1.35 bits per heavy atom. The number of allylic oxidation sites excluding steroid dienone is 3. The van der Waals surface area contributed by atoms with E-state index < -0.39 is 194 Å². The Morgan fingerprint density at radius 1 is 0.759 bits per heavy atom. The minimum atomic E-state index is -5.32. The summed E-state index contributed by atoms with van der Waals surface area (Å²) in [6.45, 7) is 14.5. The molecule has 8 fully saturated rings. The van der Waals surface area contributed by atoms with E-state index in [-0.39, 0.29) is 29.1 Å². The molecule has 9 rings (SSSR count). The molecule has 1 spiro atoms. The number of esters is 2. The van der Waals surface area contributed by atoms with Crippen LogP contribution in [0.1, 0.15) is 106 Å². The summed E-state index contributed by atoms with van der Waals surface area (Å²) in [6.07, 6.45) is -28.4. The molecule has 0 aromatic rings. The molecule has 3 saturated carbocycles. The van der Waals surface area contributed by atoms with Gasteiger partial charge < -0.3 is 108 Å². The summed E-state index contributed by atoms with van der Waals surface area (Å²) in [7, 11) is -5.32. The molecule has 83 heavy (non-hydrogen) atoms. The molecule has 28 heteroatoms. The van der Waals surface area contributed by atoms with Gasteiger partial charge in [0.25, 0.3) is 0 Å². The van der Waals surface area contributed by atoms with Crippen molar-refractivity contribution in [3.05, 3.63) is 23.8 Å². The first-order valence-corrected chi connectivity index (χ1v) is 30.0. The lowest BCUT2D eigenvalue weighted by atomic mass is 9.40. The van der Waals surface area contributed by atoms with Crippen molar-refractivity contribution in [2.75, 3.05) is 26.4 Å². The Kier molecular flexibility index (Phi) is 18.9. The van der Waals surface area contributed by atoms with E-state index in [0.717, 1.165) is 12.0 Å². The lowest BCUT2D eigenvalue weighted by Gasteiger charge is -2.64. The fourth-order valence-electron chi connectivity index (χ4n) is 16.3. The smallest absolute Gasteiger partial charge is 0.313 e. The van der Waals surface area contributed by atoms with Gasteiger partial charge in [0.15, 0.2) is 25.2 Å². The van der Waals surface area contributed by atoms with Crippen molar-refractivity contribution in [2.24, 2.45) is 39.4 Å². The molecule has 5 heterocycles. The van der Waals surface area contributed by atoms with E-state index >= 15 is 0 Å². The van der Waals surface area contributed by atoms with Gasteiger partial charge in [0, 0.05) is 12.3 Å². The molecule has 0 aromatic carbocycles. The second kappa shape index (κ2) is 24.1. The van der Waals surface area contributed by atoms with Gasteiger partial charge in [-0.15, -0.1) is 6.58 Å². The van der Waals surface area contributed by atoms with E-state index in [0.29, 0.717) is 51.4 Å². The van der Waals surface area contributed by atoms with Gasteiger partial charge in [-0.2, -0.15) is 0 Å². The van der Waals surface area contributed by atoms with Crippen molar-refractivity contribution >= 4 is 22.3 Å². The van der Waals surface area contributed by atoms with Crippen LogP contribution < -0.4 is 0 Å². The van der Waals surface area contributed by atoms with Gasteiger partial charge in [-0.1, -0.05) is 44.9 Å². The molecule has 0 unspecified atom stereocenters. The normalized spacial score (nSPS) is 48.4. The Bertz CT molecular complexity index is 2500. The van der Waals surface area contributed by atoms with E-state index in [1.54, 1.807) is 0 Å². The molecule has 474 valence electrons. The Balaban J connectivity index is 0.970. The van der Waals surface area contributed by atoms with Crippen LogP contribution in [0.5, 0.6) is 0 Å². The molecule has 2 bridgehead atoms. The number of aliphatic hydroxyl groups excluding tert-OH is 11.